The fourth-order valence-electron chi connectivity index (χ4n) is 1.77. The van der Waals surface area contributed by atoms with Gasteiger partial charge in [-0.3, -0.25) is 0 Å². The first-order valence-corrected chi connectivity index (χ1v) is 8.21. The molecule has 0 amide bonds. The van der Waals surface area contributed by atoms with Crippen LogP contribution in [0, 0.1) is 0 Å². The highest BCUT2D eigenvalue weighted by atomic mass is 35.5. The minimum absolute atomic E-state index is 0.702. The van der Waals surface area contributed by atoms with Crippen molar-refractivity contribution in [2.24, 2.45) is 0 Å². The largest absolute Gasteiger partial charge is 0.492 e. The van der Waals surface area contributed by atoms with Gasteiger partial charge in [0.2, 0.25) is 0 Å². The summed E-state index contributed by atoms with van der Waals surface area (Å²) < 4.78 is 5.84. The first-order chi connectivity index (χ1) is 8.81. The Morgan fingerprint density at radius 1 is 1.44 bits per heavy atom. The summed E-state index contributed by atoms with van der Waals surface area (Å²) in [5.41, 5.74) is 1.17. The maximum absolute atomic E-state index is 6.22. The molecule has 1 saturated carbocycles. The number of benzene rings is 1. The molecule has 1 N–H and O–H groups in total. The van der Waals surface area contributed by atoms with E-state index in [-0.39, 0.29) is 0 Å². The van der Waals surface area contributed by atoms with Crippen LogP contribution in [0.1, 0.15) is 24.8 Å². The van der Waals surface area contributed by atoms with Crippen LogP contribution < -0.4 is 10.1 Å². The Labute approximate surface area is 118 Å². The van der Waals surface area contributed by atoms with Crippen LogP contribution in [-0.2, 0) is 6.54 Å². The summed E-state index contributed by atoms with van der Waals surface area (Å²) in [4.78, 5) is 0. The van der Waals surface area contributed by atoms with Crippen molar-refractivity contribution in [2.45, 2.75) is 31.8 Å². The molecule has 1 aliphatic rings. The van der Waals surface area contributed by atoms with Gasteiger partial charge >= 0.3 is 0 Å². The second-order valence-corrected chi connectivity index (χ2v) is 5.97. The Bertz CT molecular complexity index is 382. The molecule has 0 spiro atoms. The highest BCUT2D eigenvalue weighted by molar-refractivity contribution is 7.98. The van der Waals surface area contributed by atoms with E-state index in [1.165, 1.54) is 18.4 Å². The Morgan fingerprint density at radius 3 is 3.00 bits per heavy atom. The van der Waals surface area contributed by atoms with Crippen LogP contribution in [0.4, 0.5) is 0 Å². The Morgan fingerprint density at radius 2 is 2.28 bits per heavy atom. The van der Waals surface area contributed by atoms with Gasteiger partial charge in [-0.2, -0.15) is 11.8 Å². The number of ether oxygens (including phenoxy) is 1. The monoisotopic (exact) mass is 285 g/mol. The summed E-state index contributed by atoms with van der Waals surface area (Å²) in [6, 6.07) is 6.67. The van der Waals surface area contributed by atoms with Gasteiger partial charge in [-0.25, -0.2) is 0 Å². The van der Waals surface area contributed by atoms with Crippen molar-refractivity contribution < 1.29 is 4.74 Å². The second kappa shape index (κ2) is 7.27. The predicted octanol–water partition coefficient (Wildman–Crippen LogP) is 3.72. The second-order valence-electron chi connectivity index (χ2n) is 4.58. The lowest BCUT2D eigenvalue weighted by molar-refractivity contribution is 0.315. The number of thioether (sulfide) groups is 1. The summed E-state index contributed by atoms with van der Waals surface area (Å²) in [7, 11) is 0. The third-order valence-electron chi connectivity index (χ3n) is 2.95. The molecule has 0 unspecified atom stereocenters. The normalized spacial score (nSPS) is 14.8. The van der Waals surface area contributed by atoms with Crippen LogP contribution in [0.2, 0.25) is 5.02 Å². The molecule has 0 bridgehead atoms. The molecular formula is C14H20ClNOS. The Kier molecular flexibility index (Phi) is 5.67. The minimum atomic E-state index is 0.702. The maximum atomic E-state index is 6.22. The lowest BCUT2D eigenvalue weighted by Crippen LogP contribution is -2.16. The lowest BCUT2D eigenvalue weighted by atomic mass is 10.2. The topological polar surface area (TPSA) is 21.3 Å². The Balaban J connectivity index is 1.91. The van der Waals surface area contributed by atoms with E-state index < -0.39 is 0 Å². The summed E-state index contributed by atoms with van der Waals surface area (Å²) in [6.07, 6.45) is 5.76. The van der Waals surface area contributed by atoms with E-state index in [0.717, 1.165) is 31.1 Å². The highest BCUT2D eigenvalue weighted by Crippen LogP contribution is 2.29. The van der Waals surface area contributed by atoms with Gasteiger partial charge in [0, 0.05) is 18.2 Å². The zero-order valence-electron chi connectivity index (χ0n) is 10.7. The van der Waals surface area contributed by atoms with E-state index in [1.807, 2.05) is 23.9 Å². The van der Waals surface area contributed by atoms with Gasteiger partial charge in [0.25, 0.3) is 0 Å². The SMILES string of the molecule is CSCCCOc1c(Cl)cccc1CNC1CC1. The summed E-state index contributed by atoms with van der Waals surface area (Å²) in [6.45, 7) is 1.59. The molecule has 0 heterocycles. The highest BCUT2D eigenvalue weighted by Gasteiger charge is 2.20. The molecule has 0 aromatic heterocycles. The molecule has 1 aromatic carbocycles. The van der Waals surface area contributed by atoms with Crippen LogP contribution in [0.5, 0.6) is 5.75 Å². The number of nitrogens with one attached hydrogen (secondary N) is 1. The molecule has 1 fully saturated rings. The van der Waals surface area contributed by atoms with Gasteiger partial charge in [-0.1, -0.05) is 23.7 Å². The van der Waals surface area contributed by atoms with Crippen molar-refractivity contribution in [1.82, 2.24) is 5.32 Å². The molecule has 18 heavy (non-hydrogen) atoms. The molecule has 2 nitrogen and oxygen atoms in total. The smallest absolute Gasteiger partial charge is 0.142 e. The fourth-order valence-corrected chi connectivity index (χ4v) is 2.43. The van der Waals surface area contributed by atoms with Gasteiger partial charge in [0.05, 0.1) is 11.6 Å². The molecule has 0 saturated heterocycles. The lowest BCUT2D eigenvalue weighted by Gasteiger charge is -2.13. The van der Waals surface area contributed by atoms with Gasteiger partial charge < -0.3 is 10.1 Å². The van der Waals surface area contributed by atoms with Crippen molar-refractivity contribution in [2.75, 3.05) is 18.6 Å². The summed E-state index contributed by atoms with van der Waals surface area (Å²) in [5, 5.41) is 4.22. The summed E-state index contributed by atoms with van der Waals surface area (Å²) in [5.74, 6) is 1.98. The van der Waals surface area contributed by atoms with Gasteiger partial charge in [0.15, 0.2) is 0 Å². The molecular weight excluding hydrogens is 266 g/mol. The molecule has 1 aliphatic carbocycles. The number of hydrogen-bond donors (Lipinski definition) is 1. The molecule has 0 radical (unpaired) electrons. The van der Waals surface area contributed by atoms with Crippen LogP contribution in [0.3, 0.4) is 0 Å². The zero-order chi connectivity index (χ0) is 12.8. The standard InChI is InChI=1S/C14H20ClNOS/c1-18-9-3-8-17-14-11(4-2-5-13(14)15)10-16-12-6-7-12/h2,4-5,12,16H,3,6-10H2,1H3. The molecule has 4 heteroatoms. The number of rotatable bonds is 8. The van der Waals surface area contributed by atoms with Crippen molar-refractivity contribution in [3.63, 3.8) is 0 Å². The number of hydrogen-bond acceptors (Lipinski definition) is 3. The van der Waals surface area contributed by atoms with Crippen LogP contribution >= 0.6 is 23.4 Å². The zero-order valence-corrected chi connectivity index (χ0v) is 12.3. The maximum Gasteiger partial charge on any atom is 0.142 e. The molecule has 1 aromatic rings. The molecule has 2 rings (SSSR count). The first-order valence-electron chi connectivity index (χ1n) is 6.44. The van der Waals surface area contributed by atoms with Gasteiger partial charge in [0.1, 0.15) is 5.75 Å². The van der Waals surface area contributed by atoms with Crippen molar-refractivity contribution >= 4 is 23.4 Å². The first kappa shape index (κ1) is 14.0. The van der Waals surface area contributed by atoms with Crippen LogP contribution in [0.25, 0.3) is 0 Å². The third kappa shape index (κ3) is 4.38. The minimum Gasteiger partial charge on any atom is -0.492 e. The van der Waals surface area contributed by atoms with E-state index in [4.69, 9.17) is 16.3 Å². The van der Waals surface area contributed by atoms with Crippen molar-refractivity contribution in [3.05, 3.63) is 28.8 Å². The molecule has 100 valence electrons. The van der Waals surface area contributed by atoms with E-state index >= 15 is 0 Å². The van der Waals surface area contributed by atoms with Crippen molar-refractivity contribution in [3.8, 4) is 5.75 Å². The van der Waals surface area contributed by atoms with Crippen LogP contribution in [0.15, 0.2) is 18.2 Å². The number of halogens is 1. The van der Waals surface area contributed by atoms with Gasteiger partial charge in [-0.15, -0.1) is 0 Å². The van der Waals surface area contributed by atoms with E-state index in [0.29, 0.717) is 11.1 Å². The van der Waals surface area contributed by atoms with Crippen LogP contribution in [-0.4, -0.2) is 24.7 Å². The molecule has 0 aliphatic heterocycles. The van der Waals surface area contributed by atoms with Crippen molar-refractivity contribution in [1.29, 1.82) is 0 Å². The third-order valence-corrected chi connectivity index (χ3v) is 3.94. The van der Waals surface area contributed by atoms with Gasteiger partial charge in [-0.05, 0) is 37.3 Å². The Hall–Kier alpha value is -0.380. The average molecular weight is 286 g/mol. The van der Waals surface area contributed by atoms with E-state index in [9.17, 15) is 0 Å². The van der Waals surface area contributed by atoms with E-state index in [2.05, 4.69) is 17.6 Å². The average Bonchev–Trinajstić information content (AvgIpc) is 3.18. The quantitative estimate of drug-likeness (QED) is 0.736. The predicted molar refractivity (Wildman–Crippen MR) is 79.8 cm³/mol. The summed E-state index contributed by atoms with van der Waals surface area (Å²) >= 11 is 8.06. The fraction of sp³-hybridized carbons (Fsp3) is 0.571. The number of para-hydroxylation sites is 1. The molecule has 0 atom stereocenters. The van der Waals surface area contributed by atoms with E-state index in [1.54, 1.807) is 0 Å².